The Labute approximate surface area is 112 Å². The molecule has 17 heavy (non-hydrogen) atoms. The smallest absolute Gasteiger partial charge is 0.171 e. The minimum absolute atomic E-state index is 0.166. The number of hydrogen-bond acceptors (Lipinski definition) is 2. The molecule has 0 saturated heterocycles. The third-order valence-electron chi connectivity index (χ3n) is 2.24. The molecule has 0 radical (unpaired) electrons. The zero-order valence-corrected chi connectivity index (χ0v) is 11.8. The van der Waals surface area contributed by atoms with Gasteiger partial charge >= 0.3 is 0 Å². The van der Waals surface area contributed by atoms with Crippen LogP contribution < -0.4 is 10.6 Å². The quantitative estimate of drug-likeness (QED) is 0.826. The molecule has 0 fully saturated rings. The molecule has 0 amide bonds. The Morgan fingerprint density at radius 1 is 1.53 bits per heavy atom. The summed E-state index contributed by atoms with van der Waals surface area (Å²) in [6, 6.07) is 5.82. The number of methoxy groups -OCH3 is 1. The number of ether oxygens (including phenoxy) is 1. The fourth-order valence-corrected chi connectivity index (χ4v) is 1.89. The number of benzene rings is 1. The lowest BCUT2D eigenvalue weighted by atomic mass is 10.2. The van der Waals surface area contributed by atoms with Gasteiger partial charge in [-0.1, -0.05) is 17.7 Å². The maximum absolute atomic E-state index is 5.93. The fraction of sp³-hybridized carbons (Fsp3) is 0.417. The average molecular weight is 273 g/mol. The van der Waals surface area contributed by atoms with Gasteiger partial charge in [-0.15, -0.1) is 0 Å². The first-order valence-corrected chi connectivity index (χ1v) is 6.14. The Morgan fingerprint density at radius 2 is 2.24 bits per heavy atom. The van der Waals surface area contributed by atoms with Crippen LogP contribution in [-0.4, -0.2) is 24.9 Å². The first-order chi connectivity index (χ1) is 8.02. The van der Waals surface area contributed by atoms with Crippen molar-refractivity contribution in [3.63, 3.8) is 0 Å². The van der Waals surface area contributed by atoms with Gasteiger partial charge in [0.2, 0.25) is 0 Å². The standard InChI is InChI=1S/C12H17ClN2OS/c1-8-4-5-10(13)6-11(8)15-12(17)14-9(2)7-16-3/h4-6,9H,7H2,1-3H3,(H2,14,15,17). The van der Waals surface area contributed by atoms with Gasteiger partial charge in [-0.3, -0.25) is 0 Å². The number of halogens is 1. The van der Waals surface area contributed by atoms with Gasteiger partial charge in [0.25, 0.3) is 0 Å². The Morgan fingerprint density at radius 3 is 2.88 bits per heavy atom. The predicted molar refractivity (Wildman–Crippen MR) is 76.9 cm³/mol. The van der Waals surface area contributed by atoms with Crippen molar-refractivity contribution in [1.29, 1.82) is 0 Å². The molecule has 2 N–H and O–H groups in total. The highest BCUT2D eigenvalue weighted by atomic mass is 35.5. The molecule has 1 aromatic carbocycles. The van der Waals surface area contributed by atoms with Crippen molar-refractivity contribution in [2.45, 2.75) is 19.9 Å². The summed E-state index contributed by atoms with van der Waals surface area (Å²) in [5, 5.41) is 7.50. The molecular weight excluding hydrogens is 256 g/mol. The monoisotopic (exact) mass is 272 g/mol. The average Bonchev–Trinajstić information content (AvgIpc) is 2.23. The van der Waals surface area contributed by atoms with Gasteiger partial charge in [-0.25, -0.2) is 0 Å². The molecule has 0 aliphatic rings. The summed E-state index contributed by atoms with van der Waals surface area (Å²) in [6.07, 6.45) is 0. The highest BCUT2D eigenvalue weighted by Gasteiger charge is 2.05. The lowest BCUT2D eigenvalue weighted by molar-refractivity contribution is 0.179. The van der Waals surface area contributed by atoms with Crippen molar-refractivity contribution in [2.24, 2.45) is 0 Å². The molecule has 5 heteroatoms. The molecule has 0 spiro atoms. The van der Waals surface area contributed by atoms with E-state index in [1.807, 2.05) is 32.0 Å². The van der Waals surface area contributed by atoms with Crippen molar-refractivity contribution in [3.05, 3.63) is 28.8 Å². The Kier molecular flexibility index (Phi) is 5.68. The van der Waals surface area contributed by atoms with Gasteiger partial charge < -0.3 is 15.4 Å². The van der Waals surface area contributed by atoms with Crippen LogP contribution in [-0.2, 0) is 4.74 Å². The van der Waals surface area contributed by atoms with E-state index in [9.17, 15) is 0 Å². The van der Waals surface area contributed by atoms with Gasteiger partial charge in [-0.2, -0.15) is 0 Å². The van der Waals surface area contributed by atoms with Crippen LogP contribution in [0, 0.1) is 6.92 Å². The second kappa shape index (κ2) is 6.79. The van der Waals surface area contributed by atoms with E-state index in [-0.39, 0.29) is 6.04 Å². The first kappa shape index (κ1) is 14.2. The molecule has 1 unspecified atom stereocenters. The summed E-state index contributed by atoms with van der Waals surface area (Å²) < 4.78 is 5.03. The summed E-state index contributed by atoms with van der Waals surface area (Å²) in [5.41, 5.74) is 2.01. The third-order valence-corrected chi connectivity index (χ3v) is 2.70. The third kappa shape index (κ3) is 4.89. The second-order valence-corrected chi connectivity index (χ2v) is 4.76. The van der Waals surface area contributed by atoms with E-state index < -0.39 is 0 Å². The van der Waals surface area contributed by atoms with E-state index in [4.69, 9.17) is 28.6 Å². The van der Waals surface area contributed by atoms with Crippen LogP contribution in [0.5, 0.6) is 0 Å². The molecule has 3 nitrogen and oxygen atoms in total. The maximum atomic E-state index is 5.93. The number of anilines is 1. The van der Waals surface area contributed by atoms with Crippen molar-refractivity contribution < 1.29 is 4.74 Å². The number of nitrogens with one attached hydrogen (secondary N) is 2. The Bertz CT molecular complexity index is 398. The number of aryl methyl sites for hydroxylation is 1. The van der Waals surface area contributed by atoms with Gasteiger partial charge in [-0.05, 0) is 43.8 Å². The SMILES string of the molecule is COCC(C)NC(=S)Nc1cc(Cl)ccc1C. The zero-order valence-electron chi connectivity index (χ0n) is 10.2. The van der Waals surface area contributed by atoms with Crippen molar-refractivity contribution in [3.8, 4) is 0 Å². The van der Waals surface area contributed by atoms with E-state index in [0.717, 1.165) is 11.3 Å². The van der Waals surface area contributed by atoms with Crippen LogP contribution in [0.25, 0.3) is 0 Å². The lowest BCUT2D eigenvalue weighted by Crippen LogP contribution is -2.38. The molecule has 1 atom stereocenters. The van der Waals surface area contributed by atoms with Crippen LogP contribution in [0.3, 0.4) is 0 Å². The molecule has 0 aromatic heterocycles. The van der Waals surface area contributed by atoms with E-state index in [1.165, 1.54) is 0 Å². The molecular formula is C12H17ClN2OS. The Balaban J connectivity index is 2.58. The molecule has 0 aliphatic heterocycles. The summed E-state index contributed by atoms with van der Waals surface area (Å²) >= 11 is 11.1. The molecule has 94 valence electrons. The minimum atomic E-state index is 0.166. The Hall–Kier alpha value is -0.840. The molecule has 0 bridgehead atoms. The van der Waals surface area contributed by atoms with Crippen LogP contribution in [0.2, 0.25) is 5.02 Å². The topological polar surface area (TPSA) is 33.3 Å². The molecule has 0 heterocycles. The minimum Gasteiger partial charge on any atom is -0.383 e. The summed E-state index contributed by atoms with van der Waals surface area (Å²) in [7, 11) is 1.66. The van der Waals surface area contributed by atoms with Crippen LogP contribution in [0.15, 0.2) is 18.2 Å². The van der Waals surface area contributed by atoms with E-state index in [1.54, 1.807) is 7.11 Å². The highest BCUT2D eigenvalue weighted by molar-refractivity contribution is 7.80. The number of thiocarbonyl (C=S) groups is 1. The van der Waals surface area contributed by atoms with E-state index >= 15 is 0 Å². The fourth-order valence-electron chi connectivity index (χ4n) is 1.40. The van der Waals surface area contributed by atoms with Gasteiger partial charge in [0.1, 0.15) is 0 Å². The van der Waals surface area contributed by atoms with Crippen molar-refractivity contribution in [2.75, 3.05) is 19.0 Å². The summed E-state index contributed by atoms with van der Waals surface area (Å²) in [5.74, 6) is 0. The second-order valence-electron chi connectivity index (χ2n) is 3.91. The maximum Gasteiger partial charge on any atom is 0.171 e. The first-order valence-electron chi connectivity index (χ1n) is 5.35. The lowest BCUT2D eigenvalue weighted by Gasteiger charge is -2.17. The van der Waals surface area contributed by atoms with Gasteiger partial charge in [0.05, 0.1) is 6.61 Å². The van der Waals surface area contributed by atoms with Crippen molar-refractivity contribution in [1.82, 2.24) is 5.32 Å². The normalized spacial score (nSPS) is 12.0. The zero-order chi connectivity index (χ0) is 12.8. The number of rotatable bonds is 4. The largest absolute Gasteiger partial charge is 0.383 e. The summed E-state index contributed by atoms with van der Waals surface area (Å²) in [6.45, 7) is 4.61. The molecule has 1 aromatic rings. The number of hydrogen-bond donors (Lipinski definition) is 2. The van der Waals surface area contributed by atoms with E-state index in [0.29, 0.717) is 16.7 Å². The van der Waals surface area contributed by atoms with Crippen LogP contribution >= 0.6 is 23.8 Å². The molecule has 0 saturated carbocycles. The van der Waals surface area contributed by atoms with Crippen molar-refractivity contribution >= 4 is 34.6 Å². The summed E-state index contributed by atoms with van der Waals surface area (Å²) in [4.78, 5) is 0. The van der Waals surface area contributed by atoms with Crippen LogP contribution in [0.4, 0.5) is 5.69 Å². The highest BCUT2D eigenvalue weighted by Crippen LogP contribution is 2.19. The van der Waals surface area contributed by atoms with Gasteiger partial charge in [0, 0.05) is 23.9 Å². The molecule has 1 rings (SSSR count). The van der Waals surface area contributed by atoms with Gasteiger partial charge in [0.15, 0.2) is 5.11 Å². The predicted octanol–water partition coefficient (Wildman–Crippen LogP) is 2.97. The van der Waals surface area contributed by atoms with E-state index in [2.05, 4.69) is 10.6 Å². The molecule has 0 aliphatic carbocycles. The van der Waals surface area contributed by atoms with Crippen LogP contribution in [0.1, 0.15) is 12.5 Å².